The molecule has 2 aromatic rings. The number of anilines is 1. The number of alkyl halides is 2. The van der Waals surface area contributed by atoms with Crippen LogP contribution in [0, 0.1) is 0 Å². The summed E-state index contributed by atoms with van der Waals surface area (Å²) >= 11 is 0. The Labute approximate surface area is 172 Å². The Hall–Kier alpha value is -3.16. The minimum Gasteiger partial charge on any atom is -0.365 e. The van der Waals surface area contributed by atoms with E-state index < -0.39 is 36.9 Å². The van der Waals surface area contributed by atoms with Gasteiger partial charge < -0.3 is 10.2 Å². The van der Waals surface area contributed by atoms with Crippen LogP contribution in [-0.2, 0) is 11.2 Å². The number of nitrogens with one attached hydrogen (secondary N) is 1. The number of fused-ring (bicyclic) bond motifs is 2. The molecule has 2 amide bonds. The molecule has 0 aromatic heterocycles. The van der Waals surface area contributed by atoms with Crippen molar-refractivity contribution < 1.29 is 18.4 Å². The fourth-order valence-corrected chi connectivity index (χ4v) is 3.82. The second-order valence-corrected chi connectivity index (χ2v) is 7.62. The zero-order valence-electron chi connectivity index (χ0n) is 16.6. The Balaban J connectivity index is 1.47. The molecule has 2 aliphatic heterocycles. The molecule has 2 heterocycles. The van der Waals surface area contributed by atoms with E-state index in [1.807, 2.05) is 24.3 Å². The highest BCUT2D eigenvalue weighted by Crippen LogP contribution is 2.29. The molecule has 1 atom stereocenters. The molecule has 0 bridgehead atoms. The second kappa shape index (κ2) is 7.93. The molecule has 156 valence electrons. The zero-order valence-corrected chi connectivity index (χ0v) is 16.6. The van der Waals surface area contributed by atoms with E-state index in [4.69, 9.17) is 0 Å². The van der Waals surface area contributed by atoms with Crippen LogP contribution < -0.4 is 20.9 Å². The first-order valence-corrected chi connectivity index (χ1v) is 9.92. The summed E-state index contributed by atoms with van der Waals surface area (Å²) in [4.78, 5) is 34.1. The van der Waals surface area contributed by atoms with Gasteiger partial charge in [0.1, 0.15) is 6.04 Å². The van der Waals surface area contributed by atoms with E-state index >= 15 is 0 Å². The lowest BCUT2D eigenvalue weighted by Gasteiger charge is -2.34. The molecule has 0 radical (unpaired) electrons. The van der Waals surface area contributed by atoms with Crippen molar-refractivity contribution in [3.8, 4) is 0 Å². The highest BCUT2D eigenvalue weighted by atomic mass is 19.3. The van der Waals surface area contributed by atoms with Gasteiger partial charge in [-0.05, 0) is 43.5 Å². The maximum Gasteiger partial charge on any atom is 0.282 e. The Bertz CT molecular complexity index is 1120. The smallest absolute Gasteiger partial charge is 0.282 e. The van der Waals surface area contributed by atoms with Gasteiger partial charge in [0, 0.05) is 12.2 Å². The van der Waals surface area contributed by atoms with E-state index in [0.29, 0.717) is 6.54 Å². The fourth-order valence-electron chi connectivity index (χ4n) is 3.82. The first-order chi connectivity index (χ1) is 14.3. The molecule has 0 saturated heterocycles. The van der Waals surface area contributed by atoms with Gasteiger partial charge in [-0.25, -0.2) is 13.8 Å². The number of para-hydroxylation sites is 2. The molecule has 0 unspecified atom stereocenters. The minimum absolute atomic E-state index is 0.134. The summed E-state index contributed by atoms with van der Waals surface area (Å²) in [5, 5.41) is 2.87. The van der Waals surface area contributed by atoms with Gasteiger partial charge in [0.2, 0.25) is 0 Å². The molecule has 2 aromatic carbocycles. The third-order valence-electron chi connectivity index (χ3n) is 5.31. The zero-order chi connectivity index (χ0) is 21.3. The Morgan fingerprint density at radius 1 is 1.23 bits per heavy atom. The van der Waals surface area contributed by atoms with E-state index in [2.05, 4.69) is 15.3 Å². The lowest BCUT2D eigenvalue weighted by atomic mass is 10.0. The molecule has 6 nitrogen and oxygen atoms in total. The van der Waals surface area contributed by atoms with Crippen molar-refractivity contribution in [3.05, 3.63) is 64.3 Å². The molecular formula is C22H22F2N4O2. The number of halogens is 2. The standard InChI is InChI=1S/C22H22F2N4O2/c1-14-20(29)27-17-9-4-8-16(19(17)26-14)21(30)25-12-22(23,24)13-28-11-5-7-15-6-2-3-10-18(15)28/h2-4,6,8-10,14H,5,7,11-13H2,1H3,(H,25,30)/t14-/m1/s1. The van der Waals surface area contributed by atoms with Gasteiger partial charge in [0.25, 0.3) is 17.7 Å². The Morgan fingerprint density at radius 3 is 2.87 bits per heavy atom. The monoisotopic (exact) mass is 412 g/mol. The number of hydrogen-bond acceptors (Lipinski definition) is 4. The van der Waals surface area contributed by atoms with Crippen LogP contribution in [-0.4, -0.2) is 43.4 Å². The maximum atomic E-state index is 14.7. The van der Waals surface area contributed by atoms with Crippen molar-refractivity contribution in [2.75, 3.05) is 24.5 Å². The molecule has 0 spiro atoms. The van der Waals surface area contributed by atoms with Gasteiger partial charge in [-0.1, -0.05) is 24.3 Å². The van der Waals surface area contributed by atoms with Crippen LogP contribution in [0.15, 0.2) is 52.4 Å². The molecule has 8 heteroatoms. The number of amides is 2. The lowest BCUT2D eigenvalue weighted by molar-refractivity contribution is -0.119. The molecule has 2 aliphatic rings. The van der Waals surface area contributed by atoms with E-state index in [1.165, 1.54) is 6.07 Å². The minimum atomic E-state index is -3.11. The van der Waals surface area contributed by atoms with Crippen LogP contribution in [0.4, 0.5) is 14.5 Å². The van der Waals surface area contributed by atoms with Crippen molar-refractivity contribution in [1.82, 2.24) is 5.32 Å². The third-order valence-corrected chi connectivity index (χ3v) is 5.31. The normalized spacial score (nSPS) is 18.0. The van der Waals surface area contributed by atoms with E-state index in [0.717, 1.165) is 24.1 Å². The number of benzene rings is 2. The van der Waals surface area contributed by atoms with E-state index in [9.17, 15) is 18.4 Å². The average molecular weight is 412 g/mol. The Morgan fingerprint density at radius 2 is 2.03 bits per heavy atom. The number of hydrogen-bond donors (Lipinski definition) is 1. The number of nitrogens with zero attached hydrogens (tertiary/aromatic N) is 3. The second-order valence-electron chi connectivity index (χ2n) is 7.62. The number of rotatable bonds is 5. The first-order valence-electron chi connectivity index (χ1n) is 9.92. The van der Waals surface area contributed by atoms with Crippen LogP contribution in [0.3, 0.4) is 0 Å². The largest absolute Gasteiger partial charge is 0.365 e. The summed E-state index contributed by atoms with van der Waals surface area (Å²) in [6.45, 7) is 0.870. The molecular weight excluding hydrogens is 390 g/mol. The van der Waals surface area contributed by atoms with E-state index in [-0.39, 0.29) is 16.3 Å². The highest BCUT2D eigenvalue weighted by Gasteiger charge is 2.34. The van der Waals surface area contributed by atoms with Crippen LogP contribution >= 0.6 is 0 Å². The molecule has 4 rings (SSSR count). The molecule has 1 N–H and O–H groups in total. The predicted octanol–water partition coefficient (Wildman–Crippen LogP) is 1.67. The third kappa shape index (κ3) is 4.08. The van der Waals surface area contributed by atoms with Crippen molar-refractivity contribution in [1.29, 1.82) is 0 Å². The van der Waals surface area contributed by atoms with Gasteiger partial charge in [-0.2, -0.15) is 0 Å². The van der Waals surface area contributed by atoms with Gasteiger partial charge in [-0.3, -0.25) is 14.6 Å². The number of carbonyl (C=O) groups excluding carboxylic acids is 2. The molecule has 0 saturated carbocycles. The van der Waals surface area contributed by atoms with Crippen molar-refractivity contribution >= 4 is 17.5 Å². The Kier molecular flexibility index (Phi) is 5.32. The fraction of sp³-hybridized carbons (Fsp3) is 0.364. The van der Waals surface area contributed by atoms with Gasteiger partial charge in [-0.15, -0.1) is 0 Å². The van der Waals surface area contributed by atoms with Crippen LogP contribution in [0.1, 0.15) is 29.3 Å². The van der Waals surface area contributed by atoms with Crippen molar-refractivity contribution in [3.63, 3.8) is 0 Å². The molecule has 0 fully saturated rings. The van der Waals surface area contributed by atoms with Crippen LogP contribution in [0.25, 0.3) is 0 Å². The van der Waals surface area contributed by atoms with Gasteiger partial charge in [0.15, 0.2) is 0 Å². The van der Waals surface area contributed by atoms with E-state index in [1.54, 1.807) is 24.0 Å². The maximum absolute atomic E-state index is 14.7. The van der Waals surface area contributed by atoms with Crippen LogP contribution in [0.5, 0.6) is 0 Å². The predicted molar refractivity (Wildman–Crippen MR) is 107 cm³/mol. The summed E-state index contributed by atoms with van der Waals surface area (Å²) < 4.78 is 29.4. The molecule has 0 aliphatic carbocycles. The lowest BCUT2D eigenvalue weighted by Crippen LogP contribution is -2.48. The van der Waals surface area contributed by atoms with Gasteiger partial charge in [0.05, 0.1) is 29.4 Å². The topological polar surface area (TPSA) is 74.1 Å². The highest BCUT2D eigenvalue weighted by molar-refractivity contribution is 5.94. The summed E-state index contributed by atoms with van der Waals surface area (Å²) in [6, 6.07) is 11.5. The summed E-state index contributed by atoms with van der Waals surface area (Å²) in [7, 11) is 0. The summed E-state index contributed by atoms with van der Waals surface area (Å²) in [6.07, 6.45) is 1.70. The van der Waals surface area contributed by atoms with Crippen LogP contribution in [0.2, 0.25) is 0 Å². The van der Waals surface area contributed by atoms with Crippen molar-refractivity contribution in [2.45, 2.75) is 31.7 Å². The first kappa shape index (κ1) is 20.1. The quantitative estimate of drug-likeness (QED) is 0.812. The average Bonchev–Trinajstić information content (AvgIpc) is 2.73. The summed E-state index contributed by atoms with van der Waals surface area (Å²) in [5.74, 6) is -4.17. The molecule has 30 heavy (non-hydrogen) atoms. The number of carbonyl (C=O) groups is 2. The van der Waals surface area contributed by atoms with Gasteiger partial charge >= 0.3 is 0 Å². The summed E-state index contributed by atoms with van der Waals surface area (Å²) in [5.41, 5.74) is 2.02. The SMILES string of the molecule is C[C@H]1N=c2c(C(=O)NCC(F)(F)CN3CCCc4ccccc43)cccc2=NC1=O. The van der Waals surface area contributed by atoms with Crippen molar-refractivity contribution in [2.24, 2.45) is 9.98 Å². The number of aryl methyl sites for hydroxylation is 1.